The van der Waals surface area contributed by atoms with Crippen molar-refractivity contribution in [3.63, 3.8) is 0 Å². The third-order valence-electron chi connectivity index (χ3n) is 6.80. The van der Waals surface area contributed by atoms with Crippen molar-refractivity contribution in [3.8, 4) is 5.82 Å². The number of aromatic nitrogens is 4. The summed E-state index contributed by atoms with van der Waals surface area (Å²) in [6.07, 6.45) is 1.31. The van der Waals surface area contributed by atoms with Gasteiger partial charge in [-0.05, 0) is 55.8 Å². The summed E-state index contributed by atoms with van der Waals surface area (Å²) < 4.78 is 46.4. The Hall–Kier alpha value is -4.49. The van der Waals surface area contributed by atoms with Gasteiger partial charge < -0.3 is 20.7 Å². The van der Waals surface area contributed by atoms with Crippen LogP contribution < -0.4 is 16.0 Å². The van der Waals surface area contributed by atoms with Crippen molar-refractivity contribution in [2.45, 2.75) is 19.5 Å². The highest BCUT2D eigenvalue weighted by atomic mass is 19.4. The molecule has 10 nitrogen and oxygen atoms in total. The number of ether oxygens (including phenoxy) is 1. The minimum Gasteiger partial charge on any atom is -0.379 e. The van der Waals surface area contributed by atoms with E-state index in [-0.39, 0.29) is 5.56 Å². The van der Waals surface area contributed by atoms with Crippen LogP contribution in [0.15, 0.2) is 67.3 Å². The number of nitrogens with one attached hydrogen (secondary N) is 3. The maximum atomic E-state index is 13.1. The number of rotatable bonds is 10. The zero-order chi connectivity index (χ0) is 29.5. The SMILES string of the molecule is Cc1ccc(NC(=O)c2cccc(C(F)(F)F)c2)cc1Nc1nccn1-c1cc(NCCCN2CCOCC2)ncn1. The Morgan fingerprint density at radius 3 is 2.69 bits per heavy atom. The molecule has 0 unspecified atom stereocenters. The number of carbonyl (C=O) groups is 1. The van der Waals surface area contributed by atoms with E-state index in [1.165, 1.54) is 18.5 Å². The highest BCUT2D eigenvalue weighted by molar-refractivity contribution is 6.04. The number of anilines is 4. The third-order valence-corrected chi connectivity index (χ3v) is 6.80. The molecule has 2 aromatic heterocycles. The summed E-state index contributed by atoms with van der Waals surface area (Å²) in [6, 6.07) is 11.3. The Kier molecular flexibility index (Phi) is 8.98. The molecule has 2 aromatic carbocycles. The number of hydrogen-bond acceptors (Lipinski definition) is 8. The second kappa shape index (κ2) is 13.0. The third kappa shape index (κ3) is 7.42. The second-order valence-electron chi connectivity index (χ2n) is 9.80. The standard InChI is InChI=1S/C29H31F3N8O2/c1-20-6-7-23(37-27(41)21-4-2-5-22(16-21)29(30,31)32)17-24(20)38-28-34-9-11-40(28)26-18-25(35-19-36-26)33-8-3-10-39-12-14-42-15-13-39/h2,4-7,9,11,16-19H,3,8,10,12-15H2,1H3,(H,34,38)(H,37,41)(H,33,35,36). The second-order valence-corrected chi connectivity index (χ2v) is 9.80. The number of morpholine rings is 1. The number of halogens is 3. The summed E-state index contributed by atoms with van der Waals surface area (Å²) in [4.78, 5) is 28.2. The quantitative estimate of drug-likeness (QED) is 0.222. The number of aryl methyl sites for hydroxylation is 1. The lowest BCUT2D eigenvalue weighted by Crippen LogP contribution is -2.37. The van der Waals surface area contributed by atoms with Gasteiger partial charge in [-0.3, -0.25) is 14.3 Å². The van der Waals surface area contributed by atoms with Crippen molar-refractivity contribution >= 4 is 29.0 Å². The predicted octanol–water partition coefficient (Wildman–Crippen LogP) is 5.12. The molecule has 220 valence electrons. The van der Waals surface area contributed by atoms with Crippen LogP contribution in [0.5, 0.6) is 0 Å². The normalized spacial score (nSPS) is 14.0. The number of nitrogens with zero attached hydrogens (tertiary/aromatic N) is 5. The Morgan fingerprint density at radius 2 is 1.88 bits per heavy atom. The number of alkyl halides is 3. The molecule has 0 bridgehead atoms. The van der Waals surface area contributed by atoms with Crippen LogP contribution in [0.4, 0.5) is 36.3 Å². The molecule has 0 atom stereocenters. The van der Waals surface area contributed by atoms with Gasteiger partial charge in [-0.2, -0.15) is 13.2 Å². The van der Waals surface area contributed by atoms with Crippen molar-refractivity contribution < 1.29 is 22.7 Å². The number of imidazole rings is 1. The van der Waals surface area contributed by atoms with E-state index in [0.29, 0.717) is 29.0 Å². The lowest BCUT2D eigenvalue weighted by atomic mass is 10.1. The summed E-state index contributed by atoms with van der Waals surface area (Å²) in [6.45, 7) is 7.11. The van der Waals surface area contributed by atoms with Crippen LogP contribution in [0.25, 0.3) is 5.82 Å². The zero-order valence-corrected chi connectivity index (χ0v) is 23.0. The van der Waals surface area contributed by atoms with Crippen LogP contribution >= 0.6 is 0 Å². The van der Waals surface area contributed by atoms with Gasteiger partial charge in [0.2, 0.25) is 5.95 Å². The van der Waals surface area contributed by atoms with E-state index in [2.05, 4.69) is 35.8 Å². The van der Waals surface area contributed by atoms with Gasteiger partial charge in [-0.25, -0.2) is 15.0 Å². The molecule has 0 radical (unpaired) electrons. The summed E-state index contributed by atoms with van der Waals surface area (Å²) in [5, 5.41) is 9.29. The highest BCUT2D eigenvalue weighted by Crippen LogP contribution is 2.30. The molecule has 3 heterocycles. The van der Waals surface area contributed by atoms with Crippen molar-refractivity contribution in [1.29, 1.82) is 0 Å². The Bertz CT molecular complexity index is 1520. The molecule has 13 heteroatoms. The van der Waals surface area contributed by atoms with E-state index >= 15 is 0 Å². The van der Waals surface area contributed by atoms with Gasteiger partial charge in [-0.1, -0.05) is 12.1 Å². The fraction of sp³-hybridized carbons (Fsp3) is 0.310. The molecule has 1 aliphatic rings. The first-order valence-electron chi connectivity index (χ1n) is 13.5. The maximum absolute atomic E-state index is 13.1. The van der Waals surface area contributed by atoms with Gasteiger partial charge in [0.15, 0.2) is 0 Å². The summed E-state index contributed by atoms with van der Waals surface area (Å²) in [7, 11) is 0. The molecule has 4 aromatic rings. The van der Waals surface area contributed by atoms with E-state index in [0.717, 1.165) is 63.5 Å². The van der Waals surface area contributed by atoms with E-state index in [4.69, 9.17) is 4.74 Å². The molecule has 5 rings (SSSR count). The summed E-state index contributed by atoms with van der Waals surface area (Å²) >= 11 is 0. The van der Waals surface area contributed by atoms with Gasteiger partial charge in [0.1, 0.15) is 18.0 Å². The molecular formula is C29H31F3N8O2. The molecule has 0 spiro atoms. The van der Waals surface area contributed by atoms with E-state index in [9.17, 15) is 18.0 Å². The summed E-state index contributed by atoms with van der Waals surface area (Å²) in [5.74, 6) is 1.13. The van der Waals surface area contributed by atoms with Gasteiger partial charge in [-0.15, -0.1) is 0 Å². The first-order chi connectivity index (χ1) is 20.3. The molecule has 3 N–H and O–H groups in total. The van der Waals surface area contributed by atoms with Crippen LogP contribution in [-0.4, -0.2) is 69.7 Å². The number of amides is 1. The van der Waals surface area contributed by atoms with Crippen LogP contribution in [0.1, 0.15) is 27.9 Å². The van der Waals surface area contributed by atoms with Gasteiger partial charge in [0, 0.05) is 55.0 Å². The molecule has 1 aliphatic heterocycles. The lowest BCUT2D eigenvalue weighted by Gasteiger charge is -2.26. The largest absolute Gasteiger partial charge is 0.416 e. The molecule has 1 saturated heterocycles. The molecular weight excluding hydrogens is 549 g/mol. The monoisotopic (exact) mass is 580 g/mol. The predicted molar refractivity (Wildman–Crippen MR) is 153 cm³/mol. The Morgan fingerprint density at radius 1 is 1.05 bits per heavy atom. The van der Waals surface area contributed by atoms with Crippen LogP contribution in [0.2, 0.25) is 0 Å². The Balaban J connectivity index is 1.24. The van der Waals surface area contributed by atoms with Crippen molar-refractivity contribution in [2.75, 3.05) is 55.3 Å². The molecule has 42 heavy (non-hydrogen) atoms. The first-order valence-corrected chi connectivity index (χ1v) is 13.5. The number of carbonyl (C=O) groups excluding carboxylic acids is 1. The maximum Gasteiger partial charge on any atom is 0.416 e. The van der Waals surface area contributed by atoms with E-state index in [1.54, 1.807) is 35.2 Å². The minimum atomic E-state index is -4.54. The van der Waals surface area contributed by atoms with Crippen LogP contribution in [-0.2, 0) is 10.9 Å². The average molecular weight is 581 g/mol. The van der Waals surface area contributed by atoms with Crippen LogP contribution in [0, 0.1) is 6.92 Å². The molecule has 1 fully saturated rings. The fourth-order valence-corrected chi connectivity index (χ4v) is 4.50. The molecule has 0 aliphatic carbocycles. The van der Waals surface area contributed by atoms with Gasteiger partial charge in [0.25, 0.3) is 5.91 Å². The highest BCUT2D eigenvalue weighted by Gasteiger charge is 2.31. The average Bonchev–Trinajstić information content (AvgIpc) is 3.45. The molecule has 0 saturated carbocycles. The van der Waals surface area contributed by atoms with Crippen molar-refractivity contribution in [3.05, 3.63) is 83.9 Å². The number of benzene rings is 2. The van der Waals surface area contributed by atoms with Crippen molar-refractivity contribution in [1.82, 2.24) is 24.4 Å². The Labute approximate surface area is 241 Å². The van der Waals surface area contributed by atoms with E-state index < -0.39 is 17.6 Å². The van der Waals surface area contributed by atoms with E-state index in [1.807, 2.05) is 13.0 Å². The zero-order valence-electron chi connectivity index (χ0n) is 23.0. The van der Waals surface area contributed by atoms with Crippen LogP contribution in [0.3, 0.4) is 0 Å². The topological polar surface area (TPSA) is 109 Å². The fourth-order valence-electron chi connectivity index (χ4n) is 4.50. The van der Waals surface area contributed by atoms with Crippen molar-refractivity contribution in [2.24, 2.45) is 0 Å². The van der Waals surface area contributed by atoms with Gasteiger partial charge >= 0.3 is 6.18 Å². The first kappa shape index (κ1) is 29.0. The smallest absolute Gasteiger partial charge is 0.379 e. The number of hydrogen-bond donors (Lipinski definition) is 3. The molecule has 1 amide bonds. The van der Waals surface area contributed by atoms with Gasteiger partial charge in [0.05, 0.1) is 18.8 Å². The summed E-state index contributed by atoms with van der Waals surface area (Å²) in [5.41, 5.74) is 0.954. The lowest BCUT2D eigenvalue weighted by molar-refractivity contribution is -0.137. The minimum absolute atomic E-state index is 0.0928.